The lowest BCUT2D eigenvalue weighted by Crippen LogP contribution is -2.28. The molecule has 13 heteroatoms. The number of hydrogen-bond donors (Lipinski definition) is 3. The number of nitrogens with one attached hydrogen (secondary N) is 1. The number of anilines is 1. The number of fused-ring (bicyclic) bond motifs is 2. The molecular weight excluding hydrogens is 751 g/mol. The number of allylic oxidation sites excluding steroid dienone is 8. The van der Waals surface area contributed by atoms with E-state index in [0.717, 1.165) is 52.3 Å². The Balaban J connectivity index is 1.26. The van der Waals surface area contributed by atoms with Gasteiger partial charge in [0.1, 0.15) is 22.4 Å². The number of carbonyl (C=O) groups excluding carboxylic acids is 1. The van der Waals surface area contributed by atoms with Crippen LogP contribution in [0.4, 0.5) is 11.4 Å². The summed E-state index contributed by atoms with van der Waals surface area (Å²) in [7, 11) is -8.98. The Kier molecular flexibility index (Phi) is 12.9. The van der Waals surface area contributed by atoms with E-state index < -0.39 is 31.1 Å². The molecule has 0 spiro atoms. The molecular formula is C43H51N3O8S2. The molecule has 0 bridgehead atoms. The fourth-order valence-electron chi connectivity index (χ4n) is 7.52. The van der Waals surface area contributed by atoms with Gasteiger partial charge in [-0.05, 0) is 99.7 Å². The lowest BCUT2D eigenvalue weighted by Gasteiger charge is -2.25. The molecule has 2 aliphatic rings. The van der Waals surface area contributed by atoms with Crippen molar-refractivity contribution in [2.24, 2.45) is 0 Å². The molecule has 0 unspecified atom stereocenters. The third-order valence-corrected chi connectivity index (χ3v) is 12.2. The molecule has 56 heavy (non-hydrogen) atoms. The minimum absolute atomic E-state index is 0.0102. The number of aromatic hydroxyl groups is 1. The van der Waals surface area contributed by atoms with Crippen molar-refractivity contribution in [3.8, 4) is 5.75 Å². The van der Waals surface area contributed by atoms with Crippen LogP contribution in [0.25, 0.3) is 0 Å². The van der Waals surface area contributed by atoms with Gasteiger partial charge in [-0.2, -0.15) is 13.0 Å². The Morgan fingerprint density at radius 3 is 2.18 bits per heavy atom. The summed E-state index contributed by atoms with van der Waals surface area (Å²) in [6.45, 7) is 11.9. The summed E-state index contributed by atoms with van der Waals surface area (Å²) in [6.07, 6.45) is 16.9. The molecule has 2 aliphatic heterocycles. The zero-order valence-electron chi connectivity index (χ0n) is 32.5. The van der Waals surface area contributed by atoms with Gasteiger partial charge in [-0.3, -0.25) is 9.35 Å². The Labute approximate surface area is 331 Å². The van der Waals surface area contributed by atoms with Gasteiger partial charge in [0.15, 0.2) is 5.71 Å². The summed E-state index contributed by atoms with van der Waals surface area (Å²) in [5, 5.41) is 12.4. The molecule has 0 fully saturated rings. The average Bonchev–Trinajstić information content (AvgIpc) is 3.48. The summed E-state index contributed by atoms with van der Waals surface area (Å²) in [4.78, 5) is 14.2. The maximum absolute atomic E-state index is 12.5. The van der Waals surface area contributed by atoms with E-state index in [1.54, 1.807) is 24.3 Å². The number of carbonyl (C=O) groups is 1. The number of benzene rings is 3. The number of rotatable bonds is 16. The number of phenols is 1. The summed E-state index contributed by atoms with van der Waals surface area (Å²) >= 11 is 0. The highest BCUT2D eigenvalue weighted by Crippen LogP contribution is 2.48. The first-order chi connectivity index (χ1) is 26.4. The van der Waals surface area contributed by atoms with Crippen LogP contribution in [0.1, 0.15) is 77.0 Å². The van der Waals surface area contributed by atoms with Gasteiger partial charge in [-0.25, -0.2) is 8.42 Å². The molecule has 0 radical (unpaired) electrons. The SMILES string of the molecule is CCN1/C(=C/C=C/C=C/C=C/C2=[N+](CCCCCC(=O)NCCc3ccc(O)cc3)c3ccc(S(=O)(=O)[O-])cc3C2(C)C)C(C)(C)c2cc(S(=O)(=O)O)ccc21. The van der Waals surface area contributed by atoms with Crippen LogP contribution in [0, 0.1) is 0 Å². The summed E-state index contributed by atoms with van der Waals surface area (Å²) in [6, 6.07) is 16.1. The van der Waals surface area contributed by atoms with E-state index in [9.17, 15) is 35.8 Å². The van der Waals surface area contributed by atoms with Gasteiger partial charge in [-0.1, -0.05) is 56.4 Å². The molecule has 298 valence electrons. The van der Waals surface area contributed by atoms with Crippen LogP contribution in [-0.4, -0.2) is 66.9 Å². The predicted molar refractivity (Wildman–Crippen MR) is 218 cm³/mol. The fourth-order valence-corrected chi connectivity index (χ4v) is 8.53. The third kappa shape index (κ3) is 9.58. The van der Waals surface area contributed by atoms with Crippen molar-refractivity contribution < 1.29 is 40.4 Å². The van der Waals surface area contributed by atoms with E-state index in [0.29, 0.717) is 38.9 Å². The number of phenolic OH excluding ortho intramolecular Hbond substituents is 1. The highest BCUT2D eigenvalue weighted by molar-refractivity contribution is 7.86. The van der Waals surface area contributed by atoms with Crippen LogP contribution >= 0.6 is 0 Å². The first-order valence-corrected chi connectivity index (χ1v) is 21.6. The fraction of sp³-hybridized carbons (Fsp3) is 0.349. The van der Waals surface area contributed by atoms with E-state index in [2.05, 4.69) is 14.8 Å². The van der Waals surface area contributed by atoms with Crippen molar-refractivity contribution in [3.63, 3.8) is 0 Å². The molecule has 3 aromatic carbocycles. The number of nitrogens with zero attached hydrogens (tertiary/aromatic N) is 2. The molecule has 0 aliphatic carbocycles. The van der Waals surface area contributed by atoms with Crippen molar-refractivity contribution in [2.75, 3.05) is 24.5 Å². The minimum atomic E-state index is -4.64. The lowest BCUT2D eigenvalue weighted by atomic mass is 9.81. The Morgan fingerprint density at radius 2 is 1.50 bits per heavy atom. The van der Waals surface area contributed by atoms with Gasteiger partial charge >= 0.3 is 0 Å². The predicted octanol–water partition coefficient (Wildman–Crippen LogP) is 7.21. The van der Waals surface area contributed by atoms with Gasteiger partial charge in [-0.15, -0.1) is 0 Å². The van der Waals surface area contributed by atoms with Crippen molar-refractivity contribution >= 4 is 43.2 Å². The molecule has 3 aromatic rings. The second kappa shape index (κ2) is 17.1. The summed E-state index contributed by atoms with van der Waals surface area (Å²) < 4.78 is 71.2. The van der Waals surface area contributed by atoms with E-state index in [-0.39, 0.29) is 21.4 Å². The van der Waals surface area contributed by atoms with Gasteiger partial charge in [0.2, 0.25) is 11.6 Å². The largest absolute Gasteiger partial charge is 0.744 e. The molecule has 0 saturated heterocycles. The molecule has 3 N–H and O–H groups in total. The zero-order valence-corrected chi connectivity index (χ0v) is 34.2. The van der Waals surface area contributed by atoms with Gasteiger partial charge in [0.25, 0.3) is 10.1 Å². The summed E-state index contributed by atoms with van der Waals surface area (Å²) in [5.41, 5.74) is 5.18. The van der Waals surface area contributed by atoms with Crippen molar-refractivity contribution in [1.29, 1.82) is 0 Å². The Morgan fingerprint density at radius 1 is 0.839 bits per heavy atom. The lowest BCUT2D eigenvalue weighted by molar-refractivity contribution is -0.438. The van der Waals surface area contributed by atoms with Gasteiger partial charge < -0.3 is 19.9 Å². The van der Waals surface area contributed by atoms with Crippen LogP contribution in [0.3, 0.4) is 0 Å². The number of amides is 1. The molecule has 0 saturated carbocycles. The molecule has 0 aromatic heterocycles. The van der Waals surface area contributed by atoms with Crippen LogP contribution < -0.4 is 10.2 Å². The maximum atomic E-state index is 12.5. The van der Waals surface area contributed by atoms with E-state index in [4.69, 9.17) is 0 Å². The van der Waals surface area contributed by atoms with Crippen LogP contribution in [0.2, 0.25) is 0 Å². The van der Waals surface area contributed by atoms with Crippen molar-refractivity contribution in [3.05, 3.63) is 126 Å². The van der Waals surface area contributed by atoms with Gasteiger partial charge in [0, 0.05) is 60.4 Å². The summed E-state index contributed by atoms with van der Waals surface area (Å²) in [5.74, 6) is 0.198. The van der Waals surface area contributed by atoms with E-state index >= 15 is 0 Å². The van der Waals surface area contributed by atoms with Crippen molar-refractivity contribution in [1.82, 2.24) is 5.32 Å². The number of unbranched alkanes of at least 4 members (excludes halogenated alkanes) is 2. The molecule has 5 rings (SSSR count). The second-order valence-electron chi connectivity index (χ2n) is 15.1. The van der Waals surface area contributed by atoms with Crippen molar-refractivity contribution in [2.45, 2.75) is 87.3 Å². The highest BCUT2D eigenvalue weighted by atomic mass is 32.2. The monoisotopic (exact) mass is 801 g/mol. The first-order valence-electron chi connectivity index (χ1n) is 18.8. The van der Waals surface area contributed by atoms with Crippen LogP contribution in [0.15, 0.2) is 119 Å². The topological polar surface area (TPSA) is 167 Å². The number of hydrogen-bond acceptors (Lipinski definition) is 8. The molecule has 11 nitrogen and oxygen atoms in total. The standard InChI is InChI=1S/C43H51N3O8S2/c1-6-45-37-24-22-33(55(49,50)51)29-35(37)42(2,3)39(45)15-11-8-7-9-12-16-40-43(4,5)36-30-34(56(52,53)54)23-25-38(36)46(40)28-14-10-13-17-41(48)44-27-26-31-18-20-32(47)21-19-31/h7-9,11-12,15-16,18-25,29-30H,6,10,13-14,17,26-28H2,1-5H3,(H3-,44,47,48,49,50,51,52,53,54). The van der Waals surface area contributed by atoms with Crippen LogP contribution in [-0.2, 0) is 42.3 Å². The van der Waals surface area contributed by atoms with Gasteiger partial charge in [0.05, 0.1) is 15.2 Å². The quantitative estimate of drug-likeness (QED) is 0.0587. The molecule has 1 amide bonds. The molecule has 0 atom stereocenters. The Hall–Kier alpha value is -4.82. The first kappa shape index (κ1) is 42.3. The Bertz CT molecular complexity index is 2340. The maximum Gasteiger partial charge on any atom is 0.294 e. The van der Waals surface area contributed by atoms with E-state index in [1.165, 1.54) is 24.3 Å². The average molecular weight is 802 g/mol. The number of likely N-dealkylation sites (N-methyl/N-ethyl adjacent to an activating group) is 1. The smallest absolute Gasteiger partial charge is 0.294 e. The third-order valence-electron chi connectivity index (χ3n) is 10.5. The normalized spacial score (nSPS) is 17.1. The highest BCUT2D eigenvalue weighted by Gasteiger charge is 2.44. The van der Waals surface area contributed by atoms with Crippen LogP contribution in [0.5, 0.6) is 5.75 Å². The van der Waals surface area contributed by atoms with E-state index in [1.807, 2.05) is 89.3 Å². The zero-order chi connectivity index (χ0) is 40.9. The second-order valence-corrected chi connectivity index (χ2v) is 17.9. The minimum Gasteiger partial charge on any atom is -0.744 e. The molecule has 2 heterocycles.